The number of unbranched alkanes of at least 4 members (excludes halogenated alkanes) is 4. The molecule has 1 aliphatic heterocycles. The van der Waals surface area contributed by atoms with Gasteiger partial charge in [-0.15, -0.1) is 0 Å². The molecular formula is C35H50N4O12S. The molecule has 2 aromatic carbocycles. The van der Waals surface area contributed by atoms with Crippen LogP contribution in [-0.2, 0) is 33.7 Å². The lowest BCUT2D eigenvalue weighted by Crippen LogP contribution is -2.66. The maximum atomic E-state index is 13.0. The number of nitrogens with zero attached hydrogens (tertiary/aromatic N) is 1. The molecule has 1 heterocycles. The van der Waals surface area contributed by atoms with Crippen LogP contribution in [0.2, 0.25) is 0 Å². The van der Waals surface area contributed by atoms with Crippen LogP contribution in [0.3, 0.4) is 0 Å². The minimum Gasteiger partial charge on any atom is -0.463 e. The number of rotatable bonds is 21. The van der Waals surface area contributed by atoms with Gasteiger partial charge in [-0.1, -0.05) is 38.0 Å². The number of ether oxygens (including phenoxy) is 2. The predicted molar refractivity (Wildman–Crippen MR) is 189 cm³/mol. The van der Waals surface area contributed by atoms with Crippen molar-refractivity contribution >= 4 is 39.7 Å². The molecule has 2 aromatic rings. The molecule has 4 amide bonds. The molecule has 0 spiro atoms. The standard InChI is InChI=1S/C35H50N4O12S/c1-3-4-7-14-30(43)39(21-11-6-10-20-36-34(45)25-12-8-5-9-13-25)22-19-29(42)38-26-15-17-27(18-16-26)49-35-31(37-24(2)41)32(44)33(28(23-40)50-35)51-52(46,47)48/h5,8-9,12-13,15-18,28,31-33,35,40,44H,3-4,6-7,10-11,14,19-23H2,1-2H3,(H,36,45)(H,37,41)(H,38,42)(H,46,47,48). The van der Waals surface area contributed by atoms with Crippen LogP contribution in [0.15, 0.2) is 54.6 Å². The molecule has 5 unspecified atom stereocenters. The van der Waals surface area contributed by atoms with Crippen molar-refractivity contribution in [3.8, 4) is 5.75 Å². The predicted octanol–water partition coefficient (Wildman–Crippen LogP) is 2.17. The van der Waals surface area contributed by atoms with E-state index in [1.54, 1.807) is 17.0 Å². The van der Waals surface area contributed by atoms with Gasteiger partial charge < -0.3 is 40.5 Å². The molecule has 0 saturated carbocycles. The maximum absolute atomic E-state index is 13.0. The number of carbonyl (C=O) groups is 4. The Kier molecular flexibility index (Phi) is 17.4. The summed E-state index contributed by atoms with van der Waals surface area (Å²) in [6.45, 7) is 3.65. The van der Waals surface area contributed by atoms with Gasteiger partial charge in [-0.25, -0.2) is 4.18 Å². The van der Waals surface area contributed by atoms with E-state index in [2.05, 4.69) is 27.1 Å². The summed E-state index contributed by atoms with van der Waals surface area (Å²) in [5.74, 6) is -0.884. The highest BCUT2D eigenvalue weighted by Gasteiger charge is 2.49. The summed E-state index contributed by atoms with van der Waals surface area (Å²) in [7, 11) is -5.05. The third-order valence-electron chi connectivity index (χ3n) is 8.23. The van der Waals surface area contributed by atoms with Crippen molar-refractivity contribution in [1.29, 1.82) is 0 Å². The average molecular weight is 751 g/mol. The first-order valence-corrected chi connectivity index (χ1v) is 18.7. The molecule has 16 nitrogen and oxygen atoms in total. The quantitative estimate of drug-likeness (QED) is 0.0797. The first kappa shape index (κ1) is 42.3. The molecule has 6 N–H and O–H groups in total. The largest absolute Gasteiger partial charge is 0.463 e. The molecule has 0 bridgehead atoms. The average Bonchev–Trinajstić information content (AvgIpc) is 3.10. The highest BCUT2D eigenvalue weighted by molar-refractivity contribution is 7.80. The van der Waals surface area contributed by atoms with Crippen molar-refractivity contribution in [1.82, 2.24) is 15.5 Å². The van der Waals surface area contributed by atoms with E-state index in [0.717, 1.165) is 45.4 Å². The molecule has 0 aromatic heterocycles. The third-order valence-corrected chi connectivity index (χ3v) is 8.69. The second-order valence-electron chi connectivity index (χ2n) is 12.4. The van der Waals surface area contributed by atoms with E-state index in [-0.39, 0.29) is 36.4 Å². The van der Waals surface area contributed by atoms with Gasteiger partial charge in [0.2, 0.25) is 24.0 Å². The van der Waals surface area contributed by atoms with Crippen molar-refractivity contribution < 1.29 is 56.0 Å². The molecule has 5 atom stereocenters. The van der Waals surface area contributed by atoms with Crippen LogP contribution in [0.25, 0.3) is 0 Å². The zero-order chi connectivity index (χ0) is 38.1. The number of anilines is 1. The summed E-state index contributed by atoms with van der Waals surface area (Å²) in [5, 5.41) is 28.6. The van der Waals surface area contributed by atoms with Crippen LogP contribution in [-0.4, -0.2) is 109 Å². The van der Waals surface area contributed by atoms with Gasteiger partial charge in [-0.05, 0) is 62.1 Å². The van der Waals surface area contributed by atoms with Crippen molar-refractivity contribution in [3.05, 3.63) is 60.2 Å². The summed E-state index contributed by atoms with van der Waals surface area (Å²) in [6, 6.07) is 13.7. The number of amides is 4. The molecule has 3 rings (SSSR count). The number of hydrogen-bond donors (Lipinski definition) is 6. The van der Waals surface area contributed by atoms with Gasteiger partial charge in [0, 0.05) is 50.7 Å². The van der Waals surface area contributed by atoms with Crippen LogP contribution in [0.4, 0.5) is 5.69 Å². The monoisotopic (exact) mass is 750 g/mol. The number of aliphatic hydroxyl groups excluding tert-OH is 2. The summed E-state index contributed by atoms with van der Waals surface area (Å²) in [5.41, 5.74) is 1.03. The number of aliphatic hydroxyl groups is 2. The zero-order valence-electron chi connectivity index (χ0n) is 29.4. The topological polar surface area (TPSA) is 230 Å². The van der Waals surface area contributed by atoms with E-state index in [4.69, 9.17) is 14.0 Å². The Morgan fingerprint density at radius 3 is 2.27 bits per heavy atom. The fourth-order valence-corrected chi connectivity index (χ4v) is 6.09. The summed E-state index contributed by atoms with van der Waals surface area (Å²) in [4.78, 5) is 51.6. The van der Waals surface area contributed by atoms with Gasteiger partial charge in [0.1, 0.15) is 30.1 Å². The zero-order valence-corrected chi connectivity index (χ0v) is 30.3. The molecule has 17 heteroatoms. The molecule has 1 fully saturated rings. The van der Waals surface area contributed by atoms with Crippen molar-refractivity contribution in [2.75, 3.05) is 31.6 Å². The molecule has 1 saturated heterocycles. The fourth-order valence-electron chi connectivity index (χ4n) is 5.57. The van der Waals surface area contributed by atoms with Crippen LogP contribution in [0.1, 0.15) is 75.6 Å². The smallest absolute Gasteiger partial charge is 0.397 e. The normalized spacial score (nSPS) is 20.1. The van der Waals surface area contributed by atoms with Gasteiger partial charge in [0.25, 0.3) is 5.91 Å². The fraction of sp³-hybridized carbons (Fsp3) is 0.543. The Hall–Kier alpha value is -4.13. The highest BCUT2D eigenvalue weighted by Crippen LogP contribution is 2.28. The second-order valence-corrected chi connectivity index (χ2v) is 13.4. The van der Waals surface area contributed by atoms with Gasteiger partial charge in [-0.3, -0.25) is 23.7 Å². The number of hydrogen-bond acceptors (Lipinski definition) is 11. The molecule has 0 aliphatic carbocycles. The summed E-state index contributed by atoms with van der Waals surface area (Å²) >= 11 is 0. The third kappa shape index (κ3) is 14.5. The Morgan fingerprint density at radius 2 is 1.63 bits per heavy atom. The van der Waals surface area contributed by atoms with Gasteiger partial charge in [-0.2, -0.15) is 8.42 Å². The summed E-state index contributed by atoms with van der Waals surface area (Å²) < 4.78 is 47.6. The lowest BCUT2D eigenvalue weighted by molar-refractivity contribution is -0.239. The first-order chi connectivity index (χ1) is 24.8. The van der Waals surface area contributed by atoms with E-state index in [1.807, 2.05) is 18.2 Å². The van der Waals surface area contributed by atoms with Gasteiger partial charge in [0.15, 0.2) is 0 Å². The van der Waals surface area contributed by atoms with Gasteiger partial charge in [0.05, 0.1) is 6.61 Å². The maximum Gasteiger partial charge on any atom is 0.397 e. The van der Waals surface area contributed by atoms with Crippen LogP contribution in [0, 0.1) is 0 Å². The van der Waals surface area contributed by atoms with E-state index >= 15 is 0 Å². The Morgan fingerprint density at radius 1 is 0.923 bits per heavy atom. The van der Waals surface area contributed by atoms with Crippen LogP contribution in [0.5, 0.6) is 5.75 Å². The van der Waals surface area contributed by atoms with E-state index in [1.165, 1.54) is 24.3 Å². The lowest BCUT2D eigenvalue weighted by atomic mass is 9.97. The summed E-state index contributed by atoms with van der Waals surface area (Å²) in [6.07, 6.45) is -0.954. The van der Waals surface area contributed by atoms with Crippen molar-refractivity contribution in [2.45, 2.75) is 95.9 Å². The van der Waals surface area contributed by atoms with E-state index in [0.29, 0.717) is 30.8 Å². The second kappa shape index (κ2) is 21.4. The molecule has 52 heavy (non-hydrogen) atoms. The minimum absolute atomic E-state index is 0.00736. The van der Waals surface area contributed by atoms with Crippen LogP contribution >= 0.6 is 0 Å². The molecule has 0 radical (unpaired) electrons. The molecule has 288 valence electrons. The van der Waals surface area contributed by atoms with Crippen LogP contribution < -0.4 is 20.7 Å². The lowest BCUT2D eigenvalue weighted by Gasteiger charge is -2.43. The minimum atomic E-state index is -5.05. The Bertz CT molecular complexity index is 1540. The Balaban J connectivity index is 1.52. The van der Waals surface area contributed by atoms with E-state index < -0.39 is 53.6 Å². The van der Waals surface area contributed by atoms with Crippen molar-refractivity contribution in [2.24, 2.45) is 0 Å². The van der Waals surface area contributed by atoms with E-state index in [9.17, 15) is 37.8 Å². The Labute approximate surface area is 304 Å². The highest BCUT2D eigenvalue weighted by atomic mass is 32.3. The first-order valence-electron chi connectivity index (χ1n) is 17.4. The number of nitrogens with one attached hydrogen (secondary N) is 3. The SMILES string of the molecule is CCCCCC(=O)N(CCCCCNC(=O)c1ccccc1)CCC(=O)Nc1ccc(OC2OC(CO)C(OS(=O)(=O)O)C(O)C2NC(C)=O)cc1. The van der Waals surface area contributed by atoms with Gasteiger partial charge >= 0.3 is 10.4 Å². The number of benzene rings is 2. The van der Waals surface area contributed by atoms with Crippen molar-refractivity contribution in [3.63, 3.8) is 0 Å². The molecule has 1 aliphatic rings. The number of carbonyl (C=O) groups excluding carboxylic acids is 4. The molecular weight excluding hydrogens is 700 g/mol.